The van der Waals surface area contributed by atoms with Gasteiger partial charge >= 0.3 is 12.4 Å². The highest BCUT2D eigenvalue weighted by Gasteiger charge is 2.53. The Labute approximate surface area is 374 Å². The molecule has 0 spiro atoms. The average Bonchev–Trinajstić information content (AvgIpc) is 3.90. The maximum Gasteiger partial charge on any atom is 0.417 e. The summed E-state index contributed by atoms with van der Waals surface area (Å²) in [6.45, 7) is 21.7. The van der Waals surface area contributed by atoms with E-state index in [1.807, 2.05) is 0 Å². The number of carbonyl (C=O) groups excluding carboxylic acids is 2. The lowest BCUT2D eigenvalue weighted by Crippen LogP contribution is -2.51. The molecule has 0 radical (unpaired) electrons. The first-order valence-electron chi connectivity index (χ1n) is 23.5. The summed E-state index contributed by atoms with van der Waals surface area (Å²) in [5.41, 5.74) is -0.0690. The molecule has 0 bridgehead atoms. The van der Waals surface area contributed by atoms with Crippen LogP contribution in [0.3, 0.4) is 0 Å². The molecule has 6 heterocycles. The fourth-order valence-corrected chi connectivity index (χ4v) is 11.8. The fraction of sp³-hybridized carbons (Fsp3) is 0.750. The lowest BCUT2D eigenvalue weighted by molar-refractivity contribution is -0.147. The van der Waals surface area contributed by atoms with Crippen LogP contribution in [0.2, 0.25) is 0 Å². The number of hydrogen-bond acceptors (Lipinski definition) is 8. The van der Waals surface area contributed by atoms with Gasteiger partial charge in [0.25, 0.3) is 0 Å². The van der Waals surface area contributed by atoms with E-state index in [4.69, 9.17) is 9.47 Å². The monoisotopic (exact) mass is 907 g/mol. The number of carbonyl (C=O) groups is 2. The van der Waals surface area contributed by atoms with E-state index < -0.39 is 34.3 Å². The summed E-state index contributed by atoms with van der Waals surface area (Å²) in [7, 11) is 0. The van der Waals surface area contributed by atoms with Gasteiger partial charge in [-0.3, -0.25) is 29.4 Å². The predicted molar refractivity (Wildman–Crippen MR) is 230 cm³/mol. The van der Waals surface area contributed by atoms with Crippen LogP contribution in [0.15, 0.2) is 24.5 Å². The van der Waals surface area contributed by atoms with Crippen LogP contribution in [0.25, 0.3) is 0 Å². The molecular formula is C48H68F6N6O4. The van der Waals surface area contributed by atoms with E-state index in [0.29, 0.717) is 60.5 Å². The number of amides is 2. The van der Waals surface area contributed by atoms with Crippen LogP contribution in [0.5, 0.6) is 0 Å². The third-order valence-electron chi connectivity index (χ3n) is 15.3. The maximum absolute atomic E-state index is 13.9. The number of alkyl halides is 6. The van der Waals surface area contributed by atoms with Gasteiger partial charge in [0.1, 0.15) is 0 Å². The van der Waals surface area contributed by atoms with Crippen molar-refractivity contribution in [1.82, 2.24) is 29.6 Å². The van der Waals surface area contributed by atoms with Crippen LogP contribution in [0.1, 0.15) is 128 Å². The summed E-state index contributed by atoms with van der Waals surface area (Å²) in [6, 6.07) is 3.01. The van der Waals surface area contributed by atoms with Crippen molar-refractivity contribution in [2.24, 2.45) is 22.7 Å². The minimum atomic E-state index is -4.43. The molecule has 8 rings (SSSR count). The summed E-state index contributed by atoms with van der Waals surface area (Å²) in [5.74, 6) is 0.508. The number of morpholine rings is 2. The van der Waals surface area contributed by atoms with Gasteiger partial charge in [-0.25, -0.2) is 0 Å². The minimum Gasteiger partial charge on any atom is -0.373 e. The van der Waals surface area contributed by atoms with Crippen molar-refractivity contribution in [3.05, 3.63) is 58.2 Å². The first-order chi connectivity index (χ1) is 30.0. The van der Waals surface area contributed by atoms with Crippen LogP contribution in [-0.4, -0.2) is 117 Å². The van der Waals surface area contributed by atoms with Gasteiger partial charge in [-0.15, -0.1) is 0 Å². The zero-order valence-corrected chi connectivity index (χ0v) is 38.8. The van der Waals surface area contributed by atoms with Crippen molar-refractivity contribution in [3.63, 3.8) is 0 Å². The highest BCUT2D eigenvalue weighted by molar-refractivity contribution is 5.84. The summed E-state index contributed by atoms with van der Waals surface area (Å²) in [5, 5.41) is 0. The fourth-order valence-electron chi connectivity index (χ4n) is 11.8. The van der Waals surface area contributed by atoms with E-state index in [1.54, 1.807) is 9.80 Å². The molecule has 2 aromatic rings. The number of rotatable bonds is 6. The van der Waals surface area contributed by atoms with E-state index in [2.05, 4.69) is 75.2 Å². The van der Waals surface area contributed by atoms with Gasteiger partial charge in [0.05, 0.1) is 46.4 Å². The average molecular weight is 907 g/mol. The van der Waals surface area contributed by atoms with Gasteiger partial charge in [0.2, 0.25) is 11.8 Å². The molecule has 0 N–H and O–H groups in total. The molecule has 2 aromatic heterocycles. The third-order valence-corrected chi connectivity index (χ3v) is 15.3. The molecule has 2 saturated carbocycles. The number of halogens is 6. The van der Waals surface area contributed by atoms with Crippen LogP contribution in [0, 0.1) is 22.7 Å². The molecule has 16 heteroatoms. The number of nitrogens with zero attached hydrogens (tertiary/aromatic N) is 6. The molecule has 10 nitrogen and oxygen atoms in total. The Morgan fingerprint density at radius 1 is 0.625 bits per heavy atom. The van der Waals surface area contributed by atoms with Crippen molar-refractivity contribution < 1.29 is 45.4 Å². The number of hydrogen-bond donors (Lipinski definition) is 0. The summed E-state index contributed by atoms with van der Waals surface area (Å²) in [4.78, 5) is 44.3. The first-order valence-corrected chi connectivity index (χ1v) is 23.5. The number of ether oxygens (including phenoxy) is 2. The quantitative estimate of drug-likeness (QED) is 0.267. The molecule has 2 saturated heterocycles. The van der Waals surface area contributed by atoms with Gasteiger partial charge in [-0.05, 0) is 101 Å². The normalized spacial score (nSPS) is 31.8. The van der Waals surface area contributed by atoms with E-state index in [-0.39, 0.29) is 61.2 Å². The van der Waals surface area contributed by atoms with Gasteiger partial charge in [0, 0.05) is 101 Å². The number of fused-ring (bicyclic) bond motifs is 2. The topological polar surface area (TPSA) is 91.3 Å². The lowest BCUT2D eigenvalue weighted by Gasteiger charge is -2.42. The molecule has 4 fully saturated rings. The number of aromatic nitrogens is 2. The molecule has 64 heavy (non-hydrogen) atoms. The highest BCUT2D eigenvalue weighted by atomic mass is 19.4. The van der Waals surface area contributed by atoms with Gasteiger partial charge in [-0.2, -0.15) is 26.3 Å². The Morgan fingerprint density at radius 2 is 0.969 bits per heavy atom. The highest BCUT2D eigenvalue weighted by Crippen LogP contribution is 2.50. The van der Waals surface area contributed by atoms with Gasteiger partial charge in [0.15, 0.2) is 0 Å². The molecule has 356 valence electrons. The standard InChI is InChI=1S/2C24H34F3N3O2/c2*1-15(2)23(7-5-20(10-23)30-12-16(3)32-17(4)13-30)22(31)29-8-6-21-18(14-29)9-19(11-28-21)24(25,26)27/h2*9,11,15-17,20H,5-8,10,12-14H2,1-4H3/t16-,17+,20-,23+;16-,17+,20-,23-/m10/s1. The van der Waals surface area contributed by atoms with E-state index in [1.165, 1.54) is 0 Å². The van der Waals surface area contributed by atoms with Crippen LogP contribution < -0.4 is 0 Å². The Balaban J connectivity index is 0.000000191. The van der Waals surface area contributed by atoms with Gasteiger partial charge in [-0.1, -0.05) is 27.7 Å². The predicted octanol–water partition coefficient (Wildman–Crippen LogP) is 8.58. The largest absolute Gasteiger partial charge is 0.417 e. The third kappa shape index (κ3) is 10.1. The van der Waals surface area contributed by atoms with E-state index >= 15 is 0 Å². The molecule has 0 unspecified atom stereocenters. The van der Waals surface area contributed by atoms with E-state index in [0.717, 1.165) is 89.2 Å². The molecule has 2 amide bonds. The van der Waals surface area contributed by atoms with Crippen molar-refractivity contribution in [2.45, 2.75) is 169 Å². The Kier molecular flexibility index (Phi) is 14.2. The summed E-state index contributed by atoms with van der Waals surface area (Å²) < 4.78 is 90.8. The Hall–Kier alpha value is -3.34. The second-order valence-electron chi connectivity index (χ2n) is 20.4. The molecule has 4 aliphatic heterocycles. The van der Waals surface area contributed by atoms with Crippen molar-refractivity contribution in [2.75, 3.05) is 39.3 Å². The molecular weight excluding hydrogens is 839 g/mol. The van der Waals surface area contributed by atoms with Crippen molar-refractivity contribution in [3.8, 4) is 0 Å². The molecule has 6 aliphatic rings. The zero-order chi connectivity index (χ0) is 46.5. The van der Waals surface area contributed by atoms with Gasteiger partial charge < -0.3 is 19.3 Å². The first kappa shape index (κ1) is 48.6. The molecule has 8 atom stereocenters. The number of pyridine rings is 2. The Bertz CT molecular complexity index is 1840. The minimum absolute atomic E-state index is 0.0902. The molecule has 0 aromatic carbocycles. The summed E-state index contributed by atoms with van der Waals surface area (Å²) >= 11 is 0. The second kappa shape index (κ2) is 18.7. The smallest absolute Gasteiger partial charge is 0.373 e. The second-order valence-corrected chi connectivity index (χ2v) is 20.4. The SMILES string of the molecule is CC(C)[C@]1(C(=O)N2CCc3ncc(C(F)(F)F)cc3C2)CC[C@@H](N2C[C@@H](C)O[C@@H](C)C2)C1.CC(C)[C@]1(C(=O)N2CCc3ncc(C(F)(F)F)cc3C2)CC[C@H](N2C[C@@H](C)O[C@@H](C)C2)C1. The van der Waals surface area contributed by atoms with Crippen LogP contribution >= 0.6 is 0 Å². The van der Waals surface area contributed by atoms with Crippen LogP contribution in [0.4, 0.5) is 26.3 Å². The maximum atomic E-state index is 13.9. The summed E-state index contributed by atoms with van der Waals surface area (Å²) in [6.07, 6.45) is -0.194. The van der Waals surface area contributed by atoms with E-state index in [9.17, 15) is 35.9 Å². The van der Waals surface area contributed by atoms with Crippen LogP contribution in [-0.2, 0) is 57.3 Å². The lowest BCUT2D eigenvalue weighted by atomic mass is 9.73. The van der Waals surface area contributed by atoms with Crippen molar-refractivity contribution in [1.29, 1.82) is 0 Å². The van der Waals surface area contributed by atoms with Crippen molar-refractivity contribution >= 4 is 11.8 Å². The Morgan fingerprint density at radius 3 is 1.28 bits per heavy atom. The molecule has 2 aliphatic carbocycles. The zero-order valence-electron chi connectivity index (χ0n) is 38.8.